The number of hydrogen-bond donors (Lipinski definition) is 0. The summed E-state index contributed by atoms with van der Waals surface area (Å²) in [5, 5.41) is 0. The monoisotopic (exact) mass is 249 g/mol. The van der Waals surface area contributed by atoms with Gasteiger partial charge in [-0.3, -0.25) is 14.5 Å². The number of carbonyl (C=O) groups is 2. The lowest BCUT2D eigenvalue weighted by Gasteiger charge is -2.22. The number of carbonyl (C=O) groups excluding carboxylic acids is 2. The van der Waals surface area contributed by atoms with Crippen molar-refractivity contribution in [2.24, 2.45) is 0 Å². The summed E-state index contributed by atoms with van der Waals surface area (Å²) in [6.07, 6.45) is 0.0779. The topological polar surface area (TPSA) is 46.6 Å². The molecule has 0 saturated carbocycles. The quantitative estimate of drug-likeness (QED) is 0.569. The van der Waals surface area contributed by atoms with Gasteiger partial charge in [-0.1, -0.05) is 30.3 Å². The Morgan fingerprint density at radius 2 is 1.83 bits per heavy atom. The number of rotatable bonds is 6. The first-order valence-corrected chi connectivity index (χ1v) is 5.97. The standard InChI is InChI=1S/C14H19NO3/c1-4-18-13(16)10-12(15(2)3)14(17)11-8-6-5-7-9-11/h5-9,12H,4,10H2,1-3H3. The van der Waals surface area contributed by atoms with E-state index < -0.39 is 6.04 Å². The Morgan fingerprint density at radius 3 is 2.33 bits per heavy atom. The third kappa shape index (κ3) is 3.96. The molecule has 0 radical (unpaired) electrons. The van der Waals surface area contributed by atoms with Crippen LogP contribution in [0, 0.1) is 0 Å². The van der Waals surface area contributed by atoms with Gasteiger partial charge < -0.3 is 4.74 Å². The number of ether oxygens (including phenoxy) is 1. The Labute approximate surface area is 108 Å². The van der Waals surface area contributed by atoms with E-state index in [-0.39, 0.29) is 18.2 Å². The van der Waals surface area contributed by atoms with Crippen molar-refractivity contribution in [3.05, 3.63) is 35.9 Å². The van der Waals surface area contributed by atoms with Crippen LogP contribution < -0.4 is 0 Å². The highest BCUT2D eigenvalue weighted by Crippen LogP contribution is 2.11. The van der Waals surface area contributed by atoms with E-state index in [0.717, 1.165) is 0 Å². The van der Waals surface area contributed by atoms with E-state index in [1.165, 1.54) is 0 Å². The molecule has 1 aromatic carbocycles. The summed E-state index contributed by atoms with van der Waals surface area (Å²) in [5.74, 6) is -0.408. The molecule has 1 aromatic rings. The summed E-state index contributed by atoms with van der Waals surface area (Å²) in [6.45, 7) is 2.08. The molecular weight excluding hydrogens is 230 g/mol. The van der Waals surface area contributed by atoms with Crippen LogP contribution in [0.3, 0.4) is 0 Å². The Morgan fingerprint density at radius 1 is 1.22 bits per heavy atom. The Kier molecular flexibility index (Phi) is 5.52. The maximum atomic E-state index is 12.3. The van der Waals surface area contributed by atoms with E-state index in [1.807, 2.05) is 18.2 Å². The molecule has 0 aliphatic carbocycles. The van der Waals surface area contributed by atoms with Gasteiger partial charge in [-0.05, 0) is 21.0 Å². The van der Waals surface area contributed by atoms with Crippen molar-refractivity contribution in [1.29, 1.82) is 0 Å². The van der Waals surface area contributed by atoms with E-state index in [2.05, 4.69) is 0 Å². The van der Waals surface area contributed by atoms with E-state index in [4.69, 9.17) is 4.74 Å². The molecule has 0 fully saturated rings. The van der Waals surface area contributed by atoms with Crippen molar-refractivity contribution >= 4 is 11.8 Å². The summed E-state index contributed by atoms with van der Waals surface area (Å²) in [6, 6.07) is 8.50. The predicted octanol–water partition coefficient (Wildman–Crippen LogP) is 1.75. The highest BCUT2D eigenvalue weighted by atomic mass is 16.5. The molecule has 0 aromatic heterocycles. The molecule has 1 unspecified atom stereocenters. The summed E-state index contributed by atoms with van der Waals surface area (Å²) >= 11 is 0. The number of Topliss-reactive ketones (excluding diaryl/α,β-unsaturated/α-hetero) is 1. The molecule has 4 nitrogen and oxygen atoms in total. The highest BCUT2D eigenvalue weighted by Gasteiger charge is 2.25. The van der Waals surface area contributed by atoms with Crippen molar-refractivity contribution in [1.82, 2.24) is 4.90 Å². The van der Waals surface area contributed by atoms with Crippen LogP contribution in [0.5, 0.6) is 0 Å². The van der Waals surface area contributed by atoms with Crippen molar-refractivity contribution in [2.45, 2.75) is 19.4 Å². The van der Waals surface area contributed by atoms with Crippen LogP contribution in [0.15, 0.2) is 30.3 Å². The third-order valence-electron chi connectivity index (χ3n) is 2.65. The van der Waals surface area contributed by atoms with Crippen LogP contribution in [0.25, 0.3) is 0 Å². The van der Waals surface area contributed by atoms with Crippen LogP contribution in [-0.4, -0.2) is 43.4 Å². The molecule has 4 heteroatoms. The second kappa shape index (κ2) is 6.91. The number of nitrogens with zero attached hydrogens (tertiary/aromatic N) is 1. The van der Waals surface area contributed by atoms with Gasteiger partial charge in [-0.2, -0.15) is 0 Å². The second-order valence-corrected chi connectivity index (χ2v) is 4.22. The van der Waals surface area contributed by atoms with Crippen LogP contribution in [0.1, 0.15) is 23.7 Å². The van der Waals surface area contributed by atoms with Gasteiger partial charge in [0.05, 0.1) is 19.1 Å². The molecule has 0 N–H and O–H groups in total. The molecule has 0 saturated heterocycles. The first-order chi connectivity index (χ1) is 8.56. The van der Waals surface area contributed by atoms with Crippen molar-refractivity contribution in [3.63, 3.8) is 0 Å². The van der Waals surface area contributed by atoms with Crippen molar-refractivity contribution < 1.29 is 14.3 Å². The number of hydrogen-bond acceptors (Lipinski definition) is 4. The first-order valence-electron chi connectivity index (χ1n) is 5.97. The molecule has 18 heavy (non-hydrogen) atoms. The largest absolute Gasteiger partial charge is 0.466 e. The Bertz CT molecular complexity index is 401. The fourth-order valence-corrected chi connectivity index (χ4v) is 1.68. The van der Waals surface area contributed by atoms with Crippen molar-refractivity contribution in [3.8, 4) is 0 Å². The fraction of sp³-hybridized carbons (Fsp3) is 0.429. The summed E-state index contributed by atoms with van der Waals surface area (Å²) < 4.78 is 4.89. The zero-order valence-electron chi connectivity index (χ0n) is 11.1. The smallest absolute Gasteiger partial charge is 0.307 e. The van der Waals surface area contributed by atoms with Crippen LogP contribution in [0.4, 0.5) is 0 Å². The minimum absolute atomic E-state index is 0.0614. The minimum Gasteiger partial charge on any atom is -0.466 e. The second-order valence-electron chi connectivity index (χ2n) is 4.22. The van der Waals surface area contributed by atoms with Crippen molar-refractivity contribution in [2.75, 3.05) is 20.7 Å². The molecule has 0 heterocycles. The third-order valence-corrected chi connectivity index (χ3v) is 2.65. The molecule has 0 amide bonds. The zero-order valence-corrected chi connectivity index (χ0v) is 11.1. The summed E-state index contributed by atoms with van der Waals surface area (Å²) in [5.41, 5.74) is 0.612. The molecule has 0 bridgehead atoms. The van der Waals surface area contributed by atoms with Gasteiger partial charge in [-0.25, -0.2) is 0 Å². The number of benzene rings is 1. The molecular formula is C14H19NO3. The lowest BCUT2D eigenvalue weighted by molar-refractivity contribution is -0.144. The van der Waals surface area contributed by atoms with Gasteiger partial charge >= 0.3 is 5.97 Å². The SMILES string of the molecule is CCOC(=O)CC(C(=O)c1ccccc1)N(C)C. The molecule has 1 atom stereocenters. The molecule has 0 aliphatic rings. The molecule has 1 rings (SSSR count). The Balaban J connectivity index is 2.79. The van der Waals surface area contributed by atoms with E-state index in [9.17, 15) is 9.59 Å². The lowest BCUT2D eigenvalue weighted by Crippen LogP contribution is -2.38. The van der Waals surface area contributed by atoms with Crippen LogP contribution in [-0.2, 0) is 9.53 Å². The molecule has 0 spiro atoms. The average molecular weight is 249 g/mol. The van der Waals surface area contributed by atoms with Gasteiger partial charge in [0.25, 0.3) is 0 Å². The zero-order chi connectivity index (χ0) is 13.5. The van der Waals surface area contributed by atoms with Gasteiger partial charge in [0.15, 0.2) is 5.78 Å². The van der Waals surface area contributed by atoms with Gasteiger partial charge in [0.1, 0.15) is 0 Å². The first kappa shape index (κ1) is 14.4. The van der Waals surface area contributed by atoms with E-state index in [1.54, 1.807) is 38.1 Å². The predicted molar refractivity (Wildman–Crippen MR) is 69.5 cm³/mol. The average Bonchev–Trinajstić information content (AvgIpc) is 2.36. The van der Waals surface area contributed by atoms with Crippen LogP contribution in [0.2, 0.25) is 0 Å². The maximum absolute atomic E-state index is 12.3. The normalized spacial score (nSPS) is 12.2. The van der Waals surface area contributed by atoms with Gasteiger partial charge in [0.2, 0.25) is 0 Å². The van der Waals surface area contributed by atoms with Gasteiger partial charge in [-0.15, -0.1) is 0 Å². The van der Waals surface area contributed by atoms with E-state index in [0.29, 0.717) is 12.2 Å². The van der Waals surface area contributed by atoms with Gasteiger partial charge in [0, 0.05) is 5.56 Å². The molecule has 0 aliphatic heterocycles. The lowest BCUT2D eigenvalue weighted by atomic mass is 10.0. The summed E-state index contributed by atoms with van der Waals surface area (Å²) in [4.78, 5) is 25.5. The molecule has 98 valence electrons. The Hall–Kier alpha value is -1.68. The number of esters is 1. The maximum Gasteiger partial charge on any atom is 0.307 e. The fourth-order valence-electron chi connectivity index (χ4n) is 1.68. The minimum atomic E-state index is -0.480. The summed E-state index contributed by atoms with van der Waals surface area (Å²) in [7, 11) is 3.56. The highest BCUT2D eigenvalue weighted by molar-refractivity contribution is 6.01. The number of ketones is 1. The number of likely N-dealkylation sites (N-methyl/N-ethyl adjacent to an activating group) is 1. The van der Waals surface area contributed by atoms with E-state index >= 15 is 0 Å². The van der Waals surface area contributed by atoms with Crippen LogP contribution >= 0.6 is 0 Å².